The number of carbonyl (C=O) groups excluding carboxylic acids is 1. The third-order valence-electron chi connectivity index (χ3n) is 3.34. The Bertz CT molecular complexity index is 904. The maximum atomic E-state index is 12.2. The molecule has 1 heterocycles. The molecule has 23 heavy (non-hydrogen) atoms. The maximum absolute atomic E-state index is 12.2. The van der Waals surface area contributed by atoms with Crippen LogP contribution in [0.2, 0.25) is 0 Å². The molecule has 0 bridgehead atoms. The molecule has 0 unspecified atom stereocenters. The fraction of sp³-hybridized carbons (Fsp3) is 0.0625. The van der Waals surface area contributed by atoms with Crippen molar-refractivity contribution in [1.82, 2.24) is 0 Å². The number of nitrogens with zero attached hydrogens (tertiary/aromatic N) is 1. The van der Waals surface area contributed by atoms with Gasteiger partial charge in [0.2, 0.25) is 5.91 Å². The summed E-state index contributed by atoms with van der Waals surface area (Å²) >= 11 is 3.38. The summed E-state index contributed by atoms with van der Waals surface area (Å²) in [5.74, 6) is -0.345. The van der Waals surface area contributed by atoms with Crippen molar-refractivity contribution in [1.29, 1.82) is 0 Å². The molecule has 0 spiro atoms. The molecule has 0 saturated heterocycles. The van der Waals surface area contributed by atoms with E-state index >= 15 is 0 Å². The van der Waals surface area contributed by atoms with E-state index in [1.807, 2.05) is 18.2 Å². The second-order valence-corrected chi connectivity index (χ2v) is 5.82. The molecule has 0 aliphatic carbocycles. The highest BCUT2D eigenvalue weighted by Crippen LogP contribution is 2.27. The molecule has 1 aromatic heterocycles. The van der Waals surface area contributed by atoms with Crippen LogP contribution in [-0.2, 0) is 11.2 Å². The average Bonchev–Trinajstić information content (AvgIpc) is 2.90. The van der Waals surface area contributed by atoms with Gasteiger partial charge in [0.25, 0.3) is 5.69 Å². The lowest BCUT2D eigenvalue weighted by Crippen LogP contribution is -2.15. The van der Waals surface area contributed by atoms with E-state index in [-0.39, 0.29) is 23.7 Å². The molecule has 1 amide bonds. The SMILES string of the molecule is O=C(Cc1coc2ccc(Br)cc12)Nc1ccccc1[N+](=O)[O-]. The van der Waals surface area contributed by atoms with Gasteiger partial charge in [0.1, 0.15) is 11.3 Å². The van der Waals surface area contributed by atoms with Gasteiger partial charge in [-0.25, -0.2) is 0 Å². The number of anilines is 1. The summed E-state index contributed by atoms with van der Waals surface area (Å²) in [5.41, 5.74) is 1.44. The zero-order valence-electron chi connectivity index (χ0n) is 11.8. The van der Waals surface area contributed by atoms with Gasteiger partial charge in [-0.15, -0.1) is 0 Å². The van der Waals surface area contributed by atoms with Gasteiger partial charge in [-0.2, -0.15) is 0 Å². The van der Waals surface area contributed by atoms with Gasteiger partial charge in [-0.1, -0.05) is 28.1 Å². The molecule has 1 N–H and O–H groups in total. The van der Waals surface area contributed by atoms with E-state index in [4.69, 9.17) is 4.42 Å². The molecule has 3 aromatic rings. The molecule has 0 aliphatic heterocycles. The summed E-state index contributed by atoms with van der Waals surface area (Å²) in [7, 11) is 0. The van der Waals surface area contributed by atoms with Crippen molar-refractivity contribution in [3.63, 3.8) is 0 Å². The molecular formula is C16H11BrN2O4. The number of halogens is 1. The normalized spacial score (nSPS) is 10.7. The number of carbonyl (C=O) groups is 1. The van der Waals surface area contributed by atoms with Crippen LogP contribution in [0, 0.1) is 10.1 Å². The van der Waals surface area contributed by atoms with E-state index in [9.17, 15) is 14.9 Å². The Labute approximate surface area is 139 Å². The Hall–Kier alpha value is -2.67. The second-order valence-electron chi connectivity index (χ2n) is 4.90. The van der Waals surface area contributed by atoms with Gasteiger partial charge in [-0.3, -0.25) is 14.9 Å². The highest BCUT2D eigenvalue weighted by molar-refractivity contribution is 9.10. The fourth-order valence-electron chi connectivity index (χ4n) is 2.30. The summed E-state index contributed by atoms with van der Waals surface area (Å²) in [4.78, 5) is 22.6. The van der Waals surface area contributed by atoms with E-state index < -0.39 is 4.92 Å². The Kier molecular flexibility index (Phi) is 4.12. The number of rotatable bonds is 4. The van der Waals surface area contributed by atoms with E-state index in [2.05, 4.69) is 21.2 Å². The largest absolute Gasteiger partial charge is 0.464 e. The molecule has 0 atom stereocenters. The van der Waals surface area contributed by atoms with Crippen molar-refractivity contribution in [3.05, 3.63) is 68.9 Å². The zero-order chi connectivity index (χ0) is 16.4. The second kappa shape index (κ2) is 6.21. The summed E-state index contributed by atoms with van der Waals surface area (Å²) in [5, 5.41) is 14.4. The quantitative estimate of drug-likeness (QED) is 0.545. The number of nitro groups is 1. The van der Waals surface area contributed by atoms with Gasteiger partial charge < -0.3 is 9.73 Å². The van der Waals surface area contributed by atoms with Gasteiger partial charge >= 0.3 is 0 Å². The molecule has 0 fully saturated rings. The van der Waals surface area contributed by atoms with Crippen LogP contribution in [0.5, 0.6) is 0 Å². The first-order chi connectivity index (χ1) is 11.0. The third kappa shape index (κ3) is 3.24. The summed E-state index contributed by atoms with van der Waals surface area (Å²) in [6.07, 6.45) is 1.59. The lowest BCUT2D eigenvalue weighted by molar-refractivity contribution is -0.383. The fourth-order valence-corrected chi connectivity index (χ4v) is 2.66. The Morgan fingerprint density at radius 1 is 1.26 bits per heavy atom. The van der Waals surface area contributed by atoms with Crippen LogP contribution in [0.15, 0.2) is 57.6 Å². The van der Waals surface area contributed by atoms with E-state index in [1.165, 1.54) is 18.4 Å². The number of hydrogen-bond donors (Lipinski definition) is 1. The van der Waals surface area contributed by atoms with Crippen LogP contribution >= 0.6 is 15.9 Å². The van der Waals surface area contributed by atoms with Crippen molar-refractivity contribution in [2.75, 3.05) is 5.32 Å². The van der Waals surface area contributed by atoms with Crippen LogP contribution < -0.4 is 5.32 Å². The summed E-state index contributed by atoms with van der Waals surface area (Å²) in [6.45, 7) is 0. The number of furan rings is 1. The number of nitrogens with one attached hydrogen (secondary N) is 1. The van der Waals surface area contributed by atoms with Crippen LogP contribution in [0.1, 0.15) is 5.56 Å². The highest BCUT2D eigenvalue weighted by Gasteiger charge is 2.16. The smallest absolute Gasteiger partial charge is 0.292 e. The molecule has 3 rings (SSSR count). The first-order valence-corrected chi connectivity index (χ1v) is 7.53. The molecule has 6 nitrogen and oxygen atoms in total. The molecule has 0 aliphatic rings. The van der Waals surface area contributed by atoms with Crippen molar-refractivity contribution in [2.45, 2.75) is 6.42 Å². The molecule has 7 heteroatoms. The zero-order valence-corrected chi connectivity index (χ0v) is 13.4. The van der Waals surface area contributed by atoms with E-state index in [0.29, 0.717) is 5.58 Å². The minimum Gasteiger partial charge on any atom is -0.464 e. The lowest BCUT2D eigenvalue weighted by Gasteiger charge is -2.05. The number of nitro benzene ring substituents is 1. The molecular weight excluding hydrogens is 364 g/mol. The molecule has 0 radical (unpaired) electrons. The lowest BCUT2D eigenvalue weighted by atomic mass is 10.1. The Morgan fingerprint density at radius 3 is 2.83 bits per heavy atom. The number of amides is 1. The minimum atomic E-state index is -0.528. The van der Waals surface area contributed by atoms with Gasteiger partial charge in [0.05, 0.1) is 17.6 Å². The first kappa shape index (κ1) is 15.2. The topological polar surface area (TPSA) is 85.4 Å². The highest BCUT2D eigenvalue weighted by atomic mass is 79.9. The number of hydrogen-bond acceptors (Lipinski definition) is 4. The van der Waals surface area contributed by atoms with Gasteiger partial charge in [0, 0.05) is 21.5 Å². The van der Waals surface area contributed by atoms with Crippen LogP contribution in [0.3, 0.4) is 0 Å². The van der Waals surface area contributed by atoms with Crippen molar-refractivity contribution in [3.8, 4) is 0 Å². The molecule has 0 saturated carbocycles. The first-order valence-electron chi connectivity index (χ1n) is 6.73. The maximum Gasteiger partial charge on any atom is 0.292 e. The number of benzene rings is 2. The van der Waals surface area contributed by atoms with E-state index in [0.717, 1.165) is 15.4 Å². The van der Waals surface area contributed by atoms with Gasteiger partial charge in [0.15, 0.2) is 0 Å². The number of fused-ring (bicyclic) bond motifs is 1. The van der Waals surface area contributed by atoms with Crippen molar-refractivity contribution >= 4 is 44.2 Å². The van der Waals surface area contributed by atoms with Crippen LogP contribution in [-0.4, -0.2) is 10.8 Å². The van der Waals surface area contributed by atoms with Crippen molar-refractivity contribution < 1.29 is 14.1 Å². The predicted molar refractivity (Wildman–Crippen MR) is 89.3 cm³/mol. The molecule has 2 aromatic carbocycles. The predicted octanol–water partition coefficient (Wildman–Crippen LogP) is 4.28. The third-order valence-corrected chi connectivity index (χ3v) is 3.83. The van der Waals surface area contributed by atoms with Gasteiger partial charge in [-0.05, 0) is 24.3 Å². The Balaban J connectivity index is 1.82. The average molecular weight is 375 g/mol. The summed E-state index contributed by atoms with van der Waals surface area (Å²) in [6, 6.07) is 11.6. The monoisotopic (exact) mass is 374 g/mol. The summed E-state index contributed by atoms with van der Waals surface area (Å²) < 4.78 is 6.29. The standard InChI is InChI=1S/C16H11BrN2O4/c17-11-5-6-15-12(8-11)10(9-23-15)7-16(20)18-13-3-1-2-4-14(13)19(21)22/h1-6,8-9H,7H2,(H,18,20). The minimum absolute atomic E-state index is 0.0650. The van der Waals surface area contributed by atoms with Crippen LogP contribution in [0.4, 0.5) is 11.4 Å². The van der Waals surface area contributed by atoms with Crippen molar-refractivity contribution in [2.24, 2.45) is 0 Å². The van der Waals surface area contributed by atoms with E-state index in [1.54, 1.807) is 12.1 Å². The Morgan fingerprint density at radius 2 is 2.04 bits per heavy atom. The number of para-hydroxylation sites is 2. The van der Waals surface area contributed by atoms with Crippen LogP contribution in [0.25, 0.3) is 11.0 Å². The molecule has 116 valence electrons.